The van der Waals surface area contributed by atoms with Gasteiger partial charge in [-0.25, -0.2) is 4.39 Å². The first kappa shape index (κ1) is 15.0. The van der Waals surface area contributed by atoms with Gasteiger partial charge in [0.05, 0.1) is 5.69 Å². The molecule has 1 atom stereocenters. The van der Waals surface area contributed by atoms with E-state index in [0.717, 1.165) is 45.4 Å². The minimum Gasteiger partial charge on any atom is -0.367 e. The fraction of sp³-hybridized carbons (Fsp3) is 0.562. The van der Waals surface area contributed by atoms with E-state index in [1.54, 1.807) is 6.07 Å². The second-order valence-corrected chi connectivity index (χ2v) is 5.84. The number of nitrogens with zero attached hydrogens (tertiary/aromatic N) is 2. The van der Waals surface area contributed by atoms with Crippen LogP contribution in [-0.4, -0.2) is 43.9 Å². The maximum Gasteiger partial charge on any atom is 0.146 e. The van der Waals surface area contributed by atoms with Crippen LogP contribution in [0.3, 0.4) is 0 Å². The Balaban J connectivity index is 1.93. The number of anilines is 1. The Morgan fingerprint density at radius 2 is 1.90 bits per heavy atom. The monoisotopic (exact) mass is 278 g/mol. The lowest BCUT2D eigenvalue weighted by Crippen LogP contribution is -2.50. The van der Waals surface area contributed by atoms with Gasteiger partial charge < -0.3 is 9.69 Å². The number of para-hydroxylation sites is 1. The fourth-order valence-corrected chi connectivity index (χ4v) is 2.60. The molecule has 20 heavy (non-hydrogen) atoms. The average molecular weight is 278 g/mol. The Morgan fingerprint density at radius 3 is 2.45 bits per heavy atom. The first-order chi connectivity index (χ1) is 9.58. The predicted molar refractivity (Wildman–Crippen MR) is 79.5 cm³/mol. The smallest absolute Gasteiger partial charge is 0.146 e. The van der Waals surface area contributed by atoms with Crippen molar-refractivity contribution in [2.45, 2.75) is 20.3 Å². The van der Waals surface area contributed by atoms with E-state index in [0.29, 0.717) is 5.69 Å². The van der Waals surface area contributed by atoms with Crippen LogP contribution in [0.1, 0.15) is 20.3 Å². The molecule has 0 spiro atoms. The van der Waals surface area contributed by atoms with Crippen LogP contribution in [0, 0.1) is 11.2 Å². The highest BCUT2D eigenvalue weighted by molar-refractivity contribution is 5.59. The van der Waals surface area contributed by atoms with Crippen molar-refractivity contribution in [1.29, 1.82) is 0 Å². The molecule has 1 fully saturated rings. The van der Waals surface area contributed by atoms with Crippen molar-refractivity contribution >= 4 is 12.0 Å². The maximum atomic E-state index is 13.8. The molecule has 0 saturated carbocycles. The van der Waals surface area contributed by atoms with Gasteiger partial charge in [0.2, 0.25) is 0 Å². The van der Waals surface area contributed by atoms with Crippen molar-refractivity contribution < 1.29 is 9.18 Å². The molecule has 0 aromatic heterocycles. The lowest BCUT2D eigenvalue weighted by molar-refractivity contribution is -0.116. The first-order valence-electron chi connectivity index (χ1n) is 7.26. The number of aldehydes is 1. The zero-order valence-corrected chi connectivity index (χ0v) is 12.3. The summed E-state index contributed by atoms with van der Waals surface area (Å²) in [5.74, 6) is -0.160. The molecule has 0 aliphatic carbocycles. The number of hydrogen-bond donors (Lipinski definition) is 0. The molecule has 0 radical (unpaired) electrons. The largest absolute Gasteiger partial charge is 0.367 e. The van der Waals surface area contributed by atoms with Crippen LogP contribution in [0.4, 0.5) is 10.1 Å². The van der Waals surface area contributed by atoms with E-state index >= 15 is 0 Å². The van der Waals surface area contributed by atoms with Crippen molar-refractivity contribution in [2.24, 2.45) is 5.41 Å². The van der Waals surface area contributed by atoms with Crippen LogP contribution in [0.25, 0.3) is 0 Å². The van der Waals surface area contributed by atoms with E-state index in [-0.39, 0.29) is 11.2 Å². The highest BCUT2D eigenvalue weighted by Gasteiger charge is 2.27. The van der Waals surface area contributed by atoms with Crippen molar-refractivity contribution in [3.8, 4) is 0 Å². The Hall–Kier alpha value is -1.42. The van der Waals surface area contributed by atoms with Crippen LogP contribution in [-0.2, 0) is 4.79 Å². The fourth-order valence-electron chi connectivity index (χ4n) is 2.60. The maximum absolute atomic E-state index is 13.8. The highest BCUT2D eigenvalue weighted by atomic mass is 19.1. The van der Waals surface area contributed by atoms with Crippen LogP contribution in [0.2, 0.25) is 0 Å². The summed E-state index contributed by atoms with van der Waals surface area (Å²) in [5.41, 5.74) is 0.418. The summed E-state index contributed by atoms with van der Waals surface area (Å²) < 4.78 is 13.8. The molecule has 1 aromatic carbocycles. The molecule has 110 valence electrons. The normalized spacial score (nSPS) is 19.6. The van der Waals surface area contributed by atoms with E-state index in [2.05, 4.69) is 9.80 Å². The molecule has 0 amide bonds. The van der Waals surface area contributed by atoms with Gasteiger partial charge in [0.15, 0.2) is 0 Å². The minimum absolute atomic E-state index is 0.160. The zero-order chi connectivity index (χ0) is 14.6. The van der Waals surface area contributed by atoms with Gasteiger partial charge >= 0.3 is 0 Å². The molecule has 1 aromatic rings. The van der Waals surface area contributed by atoms with Gasteiger partial charge in [0.25, 0.3) is 0 Å². The third-order valence-corrected chi connectivity index (χ3v) is 4.24. The number of hydrogen-bond acceptors (Lipinski definition) is 3. The Labute approximate surface area is 120 Å². The predicted octanol–water partition coefficient (Wildman–Crippen LogP) is 2.56. The number of piperazine rings is 1. The molecular formula is C16H23FN2O. The van der Waals surface area contributed by atoms with Crippen molar-refractivity contribution in [1.82, 2.24) is 4.90 Å². The molecule has 0 N–H and O–H groups in total. The Kier molecular flexibility index (Phi) is 4.76. The minimum atomic E-state index is -0.264. The third-order valence-electron chi connectivity index (χ3n) is 4.24. The number of rotatable bonds is 5. The molecule has 3 nitrogen and oxygen atoms in total. The molecule has 2 rings (SSSR count). The zero-order valence-electron chi connectivity index (χ0n) is 12.3. The summed E-state index contributed by atoms with van der Waals surface area (Å²) >= 11 is 0. The Morgan fingerprint density at radius 1 is 1.25 bits per heavy atom. The van der Waals surface area contributed by atoms with E-state index in [1.807, 2.05) is 26.0 Å². The van der Waals surface area contributed by atoms with Gasteiger partial charge in [0, 0.05) is 38.1 Å². The second-order valence-electron chi connectivity index (χ2n) is 5.84. The van der Waals surface area contributed by atoms with Crippen LogP contribution in [0.15, 0.2) is 24.3 Å². The van der Waals surface area contributed by atoms with Crippen LogP contribution >= 0.6 is 0 Å². The lowest BCUT2D eigenvalue weighted by atomic mass is 9.88. The molecule has 4 heteroatoms. The molecular weight excluding hydrogens is 255 g/mol. The van der Waals surface area contributed by atoms with Crippen molar-refractivity contribution in [3.63, 3.8) is 0 Å². The third kappa shape index (κ3) is 3.37. The van der Waals surface area contributed by atoms with Gasteiger partial charge in [-0.1, -0.05) is 26.0 Å². The van der Waals surface area contributed by atoms with Crippen molar-refractivity contribution in [2.75, 3.05) is 37.6 Å². The SMILES string of the molecule is CCC(C)(C=O)CN1CCN(c2ccccc2F)CC1. The number of benzene rings is 1. The van der Waals surface area contributed by atoms with Gasteiger partial charge in [-0.15, -0.1) is 0 Å². The van der Waals surface area contributed by atoms with E-state index in [4.69, 9.17) is 0 Å². The van der Waals surface area contributed by atoms with E-state index in [9.17, 15) is 9.18 Å². The summed E-state index contributed by atoms with van der Waals surface area (Å²) in [6, 6.07) is 6.91. The van der Waals surface area contributed by atoms with Gasteiger partial charge in [-0.05, 0) is 18.6 Å². The standard InChI is InChI=1S/C16H23FN2O/c1-3-16(2,13-20)12-18-8-10-19(11-9-18)15-7-5-4-6-14(15)17/h4-7,13H,3,8-12H2,1-2H3. The molecule has 1 aliphatic heterocycles. The molecule has 1 saturated heterocycles. The van der Waals surface area contributed by atoms with E-state index < -0.39 is 0 Å². The first-order valence-corrected chi connectivity index (χ1v) is 7.26. The quantitative estimate of drug-likeness (QED) is 0.773. The lowest BCUT2D eigenvalue weighted by Gasteiger charge is -2.39. The number of halogens is 1. The summed E-state index contributed by atoms with van der Waals surface area (Å²) in [7, 11) is 0. The molecule has 1 heterocycles. The number of carbonyl (C=O) groups is 1. The molecule has 0 bridgehead atoms. The Bertz CT molecular complexity index is 458. The summed E-state index contributed by atoms with van der Waals surface area (Å²) in [6.45, 7) is 8.19. The summed E-state index contributed by atoms with van der Waals surface area (Å²) in [5, 5.41) is 0. The average Bonchev–Trinajstić information content (AvgIpc) is 2.49. The second kappa shape index (κ2) is 6.35. The number of carbonyl (C=O) groups excluding carboxylic acids is 1. The molecule has 1 aliphatic rings. The topological polar surface area (TPSA) is 23.6 Å². The van der Waals surface area contributed by atoms with E-state index in [1.165, 1.54) is 6.07 Å². The molecule has 1 unspecified atom stereocenters. The van der Waals surface area contributed by atoms with Gasteiger partial charge in [-0.3, -0.25) is 4.90 Å². The van der Waals surface area contributed by atoms with Gasteiger partial charge in [0.1, 0.15) is 12.1 Å². The highest BCUT2D eigenvalue weighted by Crippen LogP contribution is 2.23. The van der Waals surface area contributed by atoms with Crippen LogP contribution < -0.4 is 4.90 Å². The van der Waals surface area contributed by atoms with Crippen LogP contribution in [0.5, 0.6) is 0 Å². The summed E-state index contributed by atoms with van der Waals surface area (Å²) in [6.07, 6.45) is 1.92. The van der Waals surface area contributed by atoms with Crippen molar-refractivity contribution in [3.05, 3.63) is 30.1 Å². The van der Waals surface area contributed by atoms with Gasteiger partial charge in [-0.2, -0.15) is 0 Å². The summed E-state index contributed by atoms with van der Waals surface area (Å²) in [4.78, 5) is 15.6.